The minimum absolute atomic E-state index is 0.542. The highest BCUT2D eigenvalue weighted by Crippen LogP contribution is 2.32. The van der Waals surface area contributed by atoms with Crippen LogP contribution in [0.1, 0.15) is 38.8 Å². The van der Waals surface area contributed by atoms with Crippen LogP contribution in [-0.4, -0.2) is 9.36 Å². The highest BCUT2D eigenvalue weighted by atomic mass is 32.1. The van der Waals surface area contributed by atoms with Gasteiger partial charge in [0.1, 0.15) is 0 Å². The molecular weight excluding hydrogens is 395 g/mol. The lowest BCUT2D eigenvalue weighted by Crippen LogP contribution is -2.03. The molecule has 0 aliphatic heterocycles. The second kappa shape index (κ2) is 11.8. The Labute approximate surface area is 172 Å². The van der Waals surface area contributed by atoms with E-state index in [1.807, 2.05) is 52.0 Å². The summed E-state index contributed by atoms with van der Waals surface area (Å²) in [7, 11) is 0. The Bertz CT molecular complexity index is 1070. The zero-order valence-electron chi connectivity index (χ0n) is 16.7. The van der Waals surface area contributed by atoms with E-state index in [1.165, 1.54) is 23.8 Å². The number of fused-ring (bicyclic) bond motifs is 2. The number of pyridine rings is 1. The Morgan fingerprint density at radius 2 is 1.66 bits per heavy atom. The fraction of sp³-hybridized carbons (Fsp3) is 0.227. The van der Waals surface area contributed by atoms with Crippen molar-refractivity contribution in [1.29, 1.82) is 5.26 Å². The van der Waals surface area contributed by atoms with Crippen LogP contribution in [-0.2, 0) is 6.18 Å². The van der Waals surface area contributed by atoms with Crippen molar-refractivity contribution in [1.82, 2.24) is 9.36 Å². The van der Waals surface area contributed by atoms with Gasteiger partial charge in [0.05, 0.1) is 27.4 Å². The average molecular weight is 418 g/mol. The van der Waals surface area contributed by atoms with Crippen molar-refractivity contribution >= 4 is 32.5 Å². The molecule has 0 radical (unpaired) electrons. The highest BCUT2D eigenvalue weighted by molar-refractivity contribution is 7.13. The molecule has 152 valence electrons. The van der Waals surface area contributed by atoms with E-state index in [2.05, 4.69) is 15.4 Å². The number of halogens is 3. The number of hydrogen-bond acceptors (Lipinski definition) is 4. The number of alkyl halides is 3. The van der Waals surface area contributed by atoms with Crippen LogP contribution < -0.4 is 0 Å². The van der Waals surface area contributed by atoms with Crippen LogP contribution >= 0.6 is 11.5 Å². The van der Waals surface area contributed by atoms with E-state index in [-0.39, 0.29) is 0 Å². The number of nitriles is 1. The normalized spacial score (nSPS) is 9.86. The van der Waals surface area contributed by atoms with Crippen LogP contribution in [0, 0.1) is 11.3 Å². The minimum Gasteiger partial charge on any atom is -0.256 e. The van der Waals surface area contributed by atoms with Crippen molar-refractivity contribution in [3.63, 3.8) is 0 Å². The van der Waals surface area contributed by atoms with Crippen molar-refractivity contribution in [3.8, 4) is 6.07 Å². The number of rotatable bonds is 0. The summed E-state index contributed by atoms with van der Waals surface area (Å²) in [5, 5.41) is 10.2. The lowest BCUT2D eigenvalue weighted by Gasteiger charge is -2.05. The number of nitrogens with zero attached hydrogens (tertiary/aromatic N) is 3. The second-order valence-corrected chi connectivity index (χ2v) is 5.93. The first-order valence-corrected chi connectivity index (χ1v) is 9.91. The summed E-state index contributed by atoms with van der Waals surface area (Å²) in [6.07, 6.45) is -1.08. The van der Waals surface area contributed by atoms with Gasteiger partial charge >= 0.3 is 6.18 Å². The van der Waals surface area contributed by atoms with Gasteiger partial charge in [0, 0.05) is 23.2 Å². The van der Waals surface area contributed by atoms with Crippen LogP contribution in [0.5, 0.6) is 0 Å². The summed E-state index contributed by atoms with van der Waals surface area (Å²) in [4.78, 5) is 4.15. The standard InChI is InChI=1S/C10H6N2.C8H4F3NS.2C2H6/c11-7-8-3-4-10-9(6-8)2-1-5-12-10;9-8(10,11)6-1-2-7-5(3-6)4-12-13-7;2*1-2/h1-6H;1-4H;2*1-2H3. The van der Waals surface area contributed by atoms with Gasteiger partial charge in [-0.25, -0.2) is 0 Å². The van der Waals surface area contributed by atoms with Crippen LogP contribution in [0.4, 0.5) is 13.2 Å². The Morgan fingerprint density at radius 3 is 2.31 bits per heavy atom. The highest BCUT2D eigenvalue weighted by Gasteiger charge is 2.30. The van der Waals surface area contributed by atoms with E-state index >= 15 is 0 Å². The Kier molecular flexibility index (Phi) is 9.76. The van der Waals surface area contributed by atoms with Gasteiger partial charge in [-0.15, -0.1) is 0 Å². The summed E-state index contributed by atoms with van der Waals surface area (Å²) < 4.78 is 41.2. The quantitative estimate of drug-likeness (QED) is 0.298. The monoisotopic (exact) mass is 417 g/mol. The second-order valence-electron chi connectivity index (χ2n) is 5.10. The molecule has 0 aliphatic rings. The first kappa shape index (κ1) is 24.1. The summed E-state index contributed by atoms with van der Waals surface area (Å²) in [5.41, 5.74) is 0.979. The third-order valence-corrected chi connectivity index (χ3v) is 4.19. The molecule has 0 amide bonds. The van der Waals surface area contributed by atoms with Crippen molar-refractivity contribution in [2.45, 2.75) is 33.9 Å². The third-order valence-electron chi connectivity index (χ3n) is 3.41. The average Bonchev–Trinajstić information content (AvgIpc) is 3.24. The van der Waals surface area contributed by atoms with Crippen molar-refractivity contribution < 1.29 is 13.2 Å². The summed E-state index contributed by atoms with van der Waals surface area (Å²) >= 11 is 1.19. The Balaban J connectivity index is 0.000000248. The summed E-state index contributed by atoms with van der Waals surface area (Å²) in [6, 6.07) is 15.0. The van der Waals surface area contributed by atoms with Gasteiger partial charge < -0.3 is 0 Å². The van der Waals surface area contributed by atoms with E-state index in [0.717, 1.165) is 27.7 Å². The third kappa shape index (κ3) is 6.84. The number of benzene rings is 2. The minimum atomic E-state index is -4.27. The molecule has 0 fully saturated rings. The van der Waals surface area contributed by atoms with Crippen LogP contribution in [0.15, 0.2) is 60.9 Å². The molecule has 0 N–H and O–H groups in total. The SMILES string of the molecule is CC.CC.FC(F)(F)c1ccc2sncc2c1.N#Cc1ccc2ncccc2c1. The molecule has 0 unspecified atom stereocenters. The zero-order chi connectivity index (χ0) is 21.9. The van der Waals surface area contributed by atoms with Crippen LogP contribution in [0.25, 0.3) is 21.0 Å². The van der Waals surface area contributed by atoms with Gasteiger partial charge in [0.25, 0.3) is 0 Å². The molecule has 3 nitrogen and oxygen atoms in total. The van der Waals surface area contributed by atoms with Crippen molar-refractivity contribution in [2.24, 2.45) is 0 Å². The Hall–Kier alpha value is -2.98. The molecule has 4 aromatic rings. The molecule has 2 aromatic carbocycles. The van der Waals surface area contributed by atoms with Gasteiger partial charge in [-0.05, 0) is 54.0 Å². The molecule has 0 bridgehead atoms. The molecule has 0 saturated carbocycles. The molecule has 7 heteroatoms. The lowest BCUT2D eigenvalue weighted by atomic mass is 10.1. The van der Waals surface area contributed by atoms with Gasteiger partial charge in [-0.3, -0.25) is 4.98 Å². The largest absolute Gasteiger partial charge is 0.416 e. The van der Waals surface area contributed by atoms with E-state index in [9.17, 15) is 13.2 Å². The van der Waals surface area contributed by atoms with Crippen LogP contribution in [0.3, 0.4) is 0 Å². The molecule has 29 heavy (non-hydrogen) atoms. The summed E-state index contributed by atoms with van der Waals surface area (Å²) in [6.45, 7) is 8.00. The first-order chi connectivity index (χ1) is 14.0. The molecule has 0 atom stereocenters. The maximum Gasteiger partial charge on any atom is 0.416 e. The summed E-state index contributed by atoms with van der Waals surface area (Å²) in [5.74, 6) is 0. The molecule has 0 spiro atoms. The fourth-order valence-electron chi connectivity index (χ4n) is 2.19. The molecule has 2 aromatic heterocycles. The number of hydrogen-bond donors (Lipinski definition) is 0. The molecular formula is C22H22F3N3S. The van der Waals surface area contributed by atoms with Crippen molar-refractivity contribution in [3.05, 3.63) is 72.1 Å². The zero-order valence-corrected chi connectivity index (χ0v) is 17.5. The van der Waals surface area contributed by atoms with Gasteiger partial charge in [-0.2, -0.15) is 22.8 Å². The first-order valence-electron chi connectivity index (χ1n) is 9.14. The fourth-order valence-corrected chi connectivity index (χ4v) is 2.82. The van der Waals surface area contributed by atoms with E-state index in [4.69, 9.17) is 5.26 Å². The van der Waals surface area contributed by atoms with Crippen LogP contribution in [0.2, 0.25) is 0 Å². The maximum atomic E-state index is 12.2. The smallest absolute Gasteiger partial charge is 0.256 e. The van der Waals surface area contributed by atoms with Gasteiger partial charge in [0.15, 0.2) is 0 Å². The van der Waals surface area contributed by atoms with Crippen molar-refractivity contribution in [2.75, 3.05) is 0 Å². The number of aromatic nitrogens is 2. The molecule has 0 saturated heterocycles. The van der Waals surface area contributed by atoms with Gasteiger partial charge in [0.2, 0.25) is 0 Å². The van der Waals surface area contributed by atoms with Gasteiger partial charge in [-0.1, -0.05) is 33.8 Å². The van der Waals surface area contributed by atoms with E-state index in [1.54, 1.807) is 12.3 Å². The molecule has 4 rings (SSSR count). The topological polar surface area (TPSA) is 49.6 Å². The van der Waals surface area contributed by atoms with E-state index < -0.39 is 11.7 Å². The molecule has 2 heterocycles. The van der Waals surface area contributed by atoms with E-state index in [0.29, 0.717) is 10.9 Å². The maximum absolute atomic E-state index is 12.2. The predicted molar refractivity (Wildman–Crippen MR) is 114 cm³/mol. The lowest BCUT2D eigenvalue weighted by molar-refractivity contribution is -0.137. The molecule has 0 aliphatic carbocycles. The predicted octanol–water partition coefficient (Wildman–Crippen LogP) is 7.47. The Morgan fingerprint density at radius 1 is 0.931 bits per heavy atom.